The zero-order valence-corrected chi connectivity index (χ0v) is 10.2. The summed E-state index contributed by atoms with van der Waals surface area (Å²) in [7, 11) is 0. The van der Waals surface area contributed by atoms with Gasteiger partial charge in [0, 0.05) is 44.8 Å². The Hall–Kier alpha value is -0.120. The van der Waals surface area contributed by atoms with Crippen molar-refractivity contribution in [2.24, 2.45) is 11.7 Å². The van der Waals surface area contributed by atoms with Gasteiger partial charge in [-0.05, 0) is 12.3 Å². The maximum absolute atomic E-state index is 6.34. The van der Waals surface area contributed by atoms with Crippen LogP contribution in [-0.4, -0.2) is 54.6 Å². The molecule has 3 fully saturated rings. The molecule has 3 heterocycles. The molecule has 0 aromatic rings. The Labute approximate surface area is 93.6 Å². The van der Waals surface area contributed by atoms with Gasteiger partial charge in [-0.1, -0.05) is 20.3 Å². The standard InChI is InChI=1S/C12H25N3/c1-3-10(2)8-11(13)12-9-14-4-6-15(12)7-5-14/h10-12H,3-9,13H2,1-2H3. The molecule has 0 spiro atoms. The first-order valence-electron chi connectivity index (χ1n) is 6.42. The van der Waals surface area contributed by atoms with Gasteiger partial charge in [0.15, 0.2) is 0 Å². The van der Waals surface area contributed by atoms with E-state index in [-0.39, 0.29) is 0 Å². The molecule has 3 aliphatic rings. The van der Waals surface area contributed by atoms with E-state index in [1.165, 1.54) is 45.6 Å². The Morgan fingerprint density at radius 1 is 1.27 bits per heavy atom. The second-order valence-corrected chi connectivity index (χ2v) is 5.32. The number of fused-ring (bicyclic) bond motifs is 3. The molecular weight excluding hydrogens is 186 g/mol. The van der Waals surface area contributed by atoms with Crippen LogP contribution < -0.4 is 5.73 Å². The first-order valence-corrected chi connectivity index (χ1v) is 6.42. The van der Waals surface area contributed by atoms with Crippen molar-refractivity contribution in [3.63, 3.8) is 0 Å². The van der Waals surface area contributed by atoms with Gasteiger partial charge in [-0.3, -0.25) is 9.80 Å². The van der Waals surface area contributed by atoms with Gasteiger partial charge in [-0.2, -0.15) is 0 Å². The Bertz CT molecular complexity index is 199. The molecule has 3 saturated heterocycles. The van der Waals surface area contributed by atoms with Crippen LogP contribution in [0.5, 0.6) is 0 Å². The monoisotopic (exact) mass is 211 g/mol. The highest BCUT2D eigenvalue weighted by molar-refractivity contribution is 4.93. The van der Waals surface area contributed by atoms with Crippen molar-refractivity contribution in [3.05, 3.63) is 0 Å². The first kappa shape index (κ1) is 11.4. The summed E-state index contributed by atoms with van der Waals surface area (Å²) in [6.45, 7) is 10.8. The molecule has 0 aromatic carbocycles. The van der Waals surface area contributed by atoms with Crippen LogP contribution in [0.1, 0.15) is 26.7 Å². The van der Waals surface area contributed by atoms with Crippen LogP contribution >= 0.6 is 0 Å². The lowest BCUT2D eigenvalue weighted by Crippen LogP contribution is -2.65. The summed E-state index contributed by atoms with van der Waals surface area (Å²) in [6, 6.07) is 1.00. The van der Waals surface area contributed by atoms with Crippen molar-refractivity contribution in [1.29, 1.82) is 0 Å². The number of piperazine rings is 3. The zero-order chi connectivity index (χ0) is 10.8. The van der Waals surface area contributed by atoms with E-state index < -0.39 is 0 Å². The fourth-order valence-corrected chi connectivity index (χ4v) is 2.85. The van der Waals surface area contributed by atoms with Gasteiger partial charge in [-0.15, -0.1) is 0 Å². The highest BCUT2D eigenvalue weighted by atomic mass is 15.3. The Kier molecular flexibility index (Phi) is 3.65. The Balaban J connectivity index is 1.87. The number of nitrogens with zero attached hydrogens (tertiary/aromatic N) is 2. The number of hydrogen-bond donors (Lipinski definition) is 1. The predicted molar refractivity (Wildman–Crippen MR) is 63.8 cm³/mol. The van der Waals surface area contributed by atoms with Crippen LogP contribution in [0.15, 0.2) is 0 Å². The lowest BCUT2D eigenvalue weighted by molar-refractivity contribution is -0.000469. The fraction of sp³-hybridized carbons (Fsp3) is 1.00. The van der Waals surface area contributed by atoms with Gasteiger partial charge in [0.2, 0.25) is 0 Å². The maximum Gasteiger partial charge on any atom is 0.0375 e. The third-order valence-corrected chi connectivity index (χ3v) is 4.19. The van der Waals surface area contributed by atoms with E-state index in [0.29, 0.717) is 12.1 Å². The molecule has 0 aliphatic carbocycles. The molecule has 0 saturated carbocycles. The first-order chi connectivity index (χ1) is 7.20. The van der Waals surface area contributed by atoms with Gasteiger partial charge in [0.25, 0.3) is 0 Å². The van der Waals surface area contributed by atoms with E-state index >= 15 is 0 Å². The summed E-state index contributed by atoms with van der Waals surface area (Å²) < 4.78 is 0. The van der Waals surface area contributed by atoms with E-state index in [1.807, 2.05) is 0 Å². The number of hydrogen-bond acceptors (Lipinski definition) is 3. The van der Waals surface area contributed by atoms with E-state index in [0.717, 1.165) is 5.92 Å². The molecule has 0 radical (unpaired) electrons. The summed E-state index contributed by atoms with van der Waals surface area (Å²) in [5.41, 5.74) is 6.34. The lowest BCUT2D eigenvalue weighted by atomic mass is 9.92. The van der Waals surface area contributed by atoms with Crippen molar-refractivity contribution in [2.45, 2.75) is 38.8 Å². The third kappa shape index (κ3) is 2.52. The van der Waals surface area contributed by atoms with E-state index in [2.05, 4.69) is 23.6 Å². The summed E-state index contributed by atoms with van der Waals surface area (Å²) in [4.78, 5) is 5.17. The largest absolute Gasteiger partial charge is 0.326 e. The molecule has 0 amide bonds. The van der Waals surface area contributed by atoms with E-state index in [1.54, 1.807) is 0 Å². The van der Waals surface area contributed by atoms with Gasteiger partial charge in [-0.25, -0.2) is 0 Å². The van der Waals surface area contributed by atoms with Gasteiger partial charge in [0.05, 0.1) is 0 Å². The molecular formula is C12H25N3. The van der Waals surface area contributed by atoms with Crippen LogP contribution in [0, 0.1) is 5.92 Å². The van der Waals surface area contributed by atoms with E-state index in [9.17, 15) is 0 Å². The molecule has 88 valence electrons. The van der Waals surface area contributed by atoms with Crippen LogP contribution in [0.2, 0.25) is 0 Å². The third-order valence-electron chi connectivity index (χ3n) is 4.19. The highest BCUT2D eigenvalue weighted by Crippen LogP contribution is 2.21. The van der Waals surface area contributed by atoms with Crippen molar-refractivity contribution in [3.8, 4) is 0 Å². The molecule has 0 aromatic heterocycles. The molecule has 2 bridgehead atoms. The van der Waals surface area contributed by atoms with E-state index in [4.69, 9.17) is 5.73 Å². The predicted octanol–water partition coefficient (Wildman–Crippen LogP) is 0.750. The van der Waals surface area contributed by atoms with Crippen LogP contribution in [0.25, 0.3) is 0 Å². The molecule has 15 heavy (non-hydrogen) atoms. The van der Waals surface area contributed by atoms with Crippen LogP contribution in [0.3, 0.4) is 0 Å². The van der Waals surface area contributed by atoms with Gasteiger partial charge < -0.3 is 5.73 Å². The number of nitrogens with two attached hydrogens (primary N) is 1. The fourth-order valence-electron chi connectivity index (χ4n) is 2.85. The number of rotatable bonds is 4. The van der Waals surface area contributed by atoms with Crippen molar-refractivity contribution in [2.75, 3.05) is 32.7 Å². The van der Waals surface area contributed by atoms with Crippen molar-refractivity contribution >= 4 is 0 Å². The topological polar surface area (TPSA) is 32.5 Å². The zero-order valence-electron chi connectivity index (χ0n) is 10.2. The average molecular weight is 211 g/mol. The lowest BCUT2D eigenvalue weighted by Gasteiger charge is -2.49. The van der Waals surface area contributed by atoms with Gasteiger partial charge in [0.1, 0.15) is 0 Å². The average Bonchev–Trinajstić information content (AvgIpc) is 2.30. The van der Waals surface area contributed by atoms with Gasteiger partial charge >= 0.3 is 0 Å². The SMILES string of the molecule is CCC(C)CC(N)C1CN2CCN1CC2. The Morgan fingerprint density at radius 2 is 1.93 bits per heavy atom. The molecule has 3 unspecified atom stereocenters. The highest BCUT2D eigenvalue weighted by Gasteiger charge is 2.35. The molecule has 3 heteroatoms. The summed E-state index contributed by atoms with van der Waals surface area (Å²) in [6.07, 6.45) is 2.44. The normalized spacial score (nSPS) is 39.0. The minimum Gasteiger partial charge on any atom is -0.326 e. The van der Waals surface area contributed by atoms with Crippen molar-refractivity contribution < 1.29 is 0 Å². The molecule has 2 N–H and O–H groups in total. The maximum atomic E-state index is 6.34. The molecule has 3 atom stereocenters. The minimum atomic E-state index is 0.378. The minimum absolute atomic E-state index is 0.378. The molecule has 3 nitrogen and oxygen atoms in total. The van der Waals surface area contributed by atoms with Crippen molar-refractivity contribution in [1.82, 2.24) is 9.80 Å². The second kappa shape index (κ2) is 4.81. The Morgan fingerprint density at radius 3 is 2.40 bits per heavy atom. The van der Waals surface area contributed by atoms with Crippen LogP contribution in [0.4, 0.5) is 0 Å². The summed E-state index contributed by atoms with van der Waals surface area (Å²) in [5, 5.41) is 0. The molecule has 3 rings (SSSR count). The molecule has 3 aliphatic heterocycles. The smallest absolute Gasteiger partial charge is 0.0375 e. The second-order valence-electron chi connectivity index (χ2n) is 5.32. The quantitative estimate of drug-likeness (QED) is 0.745. The van der Waals surface area contributed by atoms with Crippen LogP contribution in [-0.2, 0) is 0 Å². The summed E-state index contributed by atoms with van der Waals surface area (Å²) in [5.74, 6) is 0.775. The summed E-state index contributed by atoms with van der Waals surface area (Å²) >= 11 is 0.